The van der Waals surface area contributed by atoms with E-state index >= 15 is 0 Å². The highest BCUT2D eigenvalue weighted by Crippen LogP contribution is 2.13. The van der Waals surface area contributed by atoms with E-state index in [1.807, 2.05) is 30.3 Å². The standard InChI is InChI=1S/C15H18N2O3S/c1-16-21(18,19)15-9-7-13(8-10-15)17-11-12-20-14-5-3-2-4-6-14/h2-10,16-17H,11-12H2,1H3. The third-order valence-corrected chi connectivity index (χ3v) is 4.31. The van der Waals surface area contributed by atoms with Gasteiger partial charge >= 0.3 is 0 Å². The summed E-state index contributed by atoms with van der Waals surface area (Å²) >= 11 is 0. The molecule has 21 heavy (non-hydrogen) atoms. The molecule has 2 rings (SSSR count). The number of benzene rings is 2. The first-order chi connectivity index (χ1) is 10.1. The zero-order chi connectivity index (χ0) is 15.1. The first kappa shape index (κ1) is 15.3. The second kappa shape index (κ2) is 7.10. The molecule has 0 aliphatic heterocycles. The van der Waals surface area contributed by atoms with E-state index < -0.39 is 10.0 Å². The number of ether oxygens (including phenoxy) is 1. The number of para-hydroxylation sites is 1. The Balaban J connectivity index is 1.82. The molecule has 0 atom stereocenters. The Bertz CT molecular complexity index is 655. The van der Waals surface area contributed by atoms with Gasteiger partial charge in [-0.05, 0) is 43.4 Å². The lowest BCUT2D eigenvalue weighted by Gasteiger charge is -2.09. The highest BCUT2D eigenvalue weighted by atomic mass is 32.2. The van der Waals surface area contributed by atoms with Gasteiger partial charge in [0.05, 0.1) is 4.90 Å². The third kappa shape index (κ3) is 4.47. The second-order valence-electron chi connectivity index (χ2n) is 4.32. The summed E-state index contributed by atoms with van der Waals surface area (Å²) in [7, 11) is -1.99. The van der Waals surface area contributed by atoms with Crippen molar-refractivity contribution in [3.63, 3.8) is 0 Å². The summed E-state index contributed by atoms with van der Waals surface area (Å²) in [5.74, 6) is 0.828. The van der Waals surface area contributed by atoms with Gasteiger partial charge in [-0.25, -0.2) is 13.1 Å². The van der Waals surface area contributed by atoms with Gasteiger partial charge < -0.3 is 10.1 Å². The first-order valence-corrected chi connectivity index (χ1v) is 8.05. The summed E-state index contributed by atoms with van der Waals surface area (Å²) in [6.07, 6.45) is 0. The monoisotopic (exact) mass is 306 g/mol. The van der Waals surface area contributed by atoms with Crippen LogP contribution < -0.4 is 14.8 Å². The summed E-state index contributed by atoms with van der Waals surface area (Å²) in [4.78, 5) is 0.246. The molecular weight excluding hydrogens is 288 g/mol. The van der Waals surface area contributed by atoms with Gasteiger partial charge in [0.1, 0.15) is 12.4 Å². The molecule has 0 saturated heterocycles. The molecule has 0 heterocycles. The number of anilines is 1. The number of rotatable bonds is 7. The average Bonchev–Trinajstić information content (AvgIpc) is 2.53. The molecule has 0 fully saturated rings. The van der Waals surface area contributed by atoms with Crippen molar-refractivity contribution in [1.29, 1.82) is 0 Å². The van der Waals surface area contributed by atoms with Crippen LogP contribution in [0.25, 0.3) is 0 Å². The normalized spacial score (nSPS) is 11.1. The van der Waals surface area contributed by atoms with E-state index in [1.54, 1.807) is 24.3 Å². The fourth-order valence-corrected chi connectivity index (χ4v) is 2.48. The molecule has 0 bridgehead atoms. The molecule has 0 saturated carbocycles. The van der Waals surface area contributed by atoms with Gasteiger partial charge in [0.2, 0.25) is 10.0 Å². The fourth-order valence-electron chi connectivity index (χ4n) is 1.75. The number of hydrogen-bond acceptors (Lipinski definition) is 4. The lowest BCUT2D eigenvalue weighted by Crippen LogP contribution is -2.18. The van der Waals surface area contributed by atoms with Crippen molar-refractivity contribution in [2.75, 3.05) is 25.5 Å². The lowest BCUT2D eigenvalue weighted by molar-refractivity contribution is 0.333. The first-order valence-electron chi connectivity index (χ1n) is 6.57. The highest BCUT2D eigenvalue weighted by Gasteiger charge is 2.09. The molecule has 2 N–H and O–H groups in total. The Morgan fingerprint density at radius 1 is 1.00 bits per heavy atom. The van der Waals surface area contributed by atoms with Crippen LogP contribution in [0.2, 0.25) is 0 Å². The van der Waals surface area contributed by atoms with Crippen LogP contribution in [-0.4, -0.2) is 28.6 Å². The topological polar surface area (TPSA) is 67.4 Å². The summed E-state index contributed by atoms with van der Waals surface area (Å²) in [5, 5.41) is 3.17. The molecule has 5 nitrogen and oxygen atoms in total. The minimum absolute atomic E-state index is 0.246. The van der Waals surface area contributed by atoms with Gasteiger partial charge in [-0.3, -0.25) is 0 Å². The van der Waals surface area contributed by atoms with Crippen LogP contribution in [0.5, 0.6) is 5.75 Å². The average molecular weight is 306 g/mol. The smallest absolute Gasteiger partial charge is 0.240 e. The lowest BCUT2D eigenvalue weighted by atomic mass is 10.3. The number of hydrogen-bond donors (Lipinski definition) is 2. The highest BCUT2D eigenvalue weighted by molar-refractivity contribution is 7.89. The zero-order valence-electron chi connectivity index (χ0n) is 11.7. The number of sulfonamides is 1. The van der Waals surface area contributed by atoms with E-state index in [0.29, 0.717) is 13.2 Å². The van der Waals surface area contributed by atoms with Crippen molar-refractivity contribution in [3.8, 4) is 5.75 Å². The van der Waals surface area contributed by atoms with Crippen molar-refractivity contribution in [3.05, 3.63) is 54.6 Å². The Hall–Kier alpha value is -2.05. The van der Waals surface area contributed by atoms with E-state index in [9.17, 15) is 8.42 Å². The molecule has 2 aromatic rings. The van der Waals surface area contributed by atoms with Gasteiger partial charge in [0.25, 0.3) is 0 Å². The van der Waals surface area contributed by atoms with Crippen LogP contribution >= 0.6 is 0 Å². The van der Waals surface area contributed by atoms with Crippen molar-refractivity contribution in [1.82, 2.24) is 4.72 Å². The maximum Gasteiger partial charge on any atom is 0.240 e. The van der Waals surface area contributed by atoms with Crippen LogP contribution in [0.15, 0.2) is 59.5 Å². The quantitative estimate of drug-likeness (QED) is 0.769. The van der Waals surface area contributed by atoms with Crippen LogP contribution in [0.4, 0.5) is 5.69 Å². The van der Waals surface area contributed by atoms with Crippen LogP contribution in [0, 0.1) is 0 Å². The van der Waals surface area contributed by atoms with E-state index in [2.05, 4.69) is 10.0 Å². The van der Waals surface area contributed by atoms with Crippen LogP contribution in [-0.2, 0) is 10.0 Å². The van der Waals surface area contributed by atoms with Gasteiger partial charge in [0, 0.05) is 12.2 Å². The van der Waals surface area contributed by atoms with Crippen molar-refractivity contribution >= 4 is 15.7 Å². The molecule has 112 valence electrons. The largest absolute Gasteiger partial charge is 0.492 e. The molecule has 0 unspecified atom stereocenters. The Kier molecular flexibility index (Phi) is 5.19. The second-order valence-corrected chi connectivity index (χ2v) is 6.21. The molecule has 0 aliphatic rings. The van der Waals surface area contributed by atoms with E-state index in [4.69, 9.17) is 4.74 Å². The molecular formula is C15H18N2O3S. The Morgan fingerprint density at radius 3 is 2.29 bits per heavy atom. The molecule has 0 radical (unpaired) electrons. The van der Waals surface area contributed by atoms with Crippen molar-refractivity contribution in [2.24, 2.45) is 0 Å². The molecule has 6 heteroatoms. The van der Waals surface area contributed by atoms with E-state index in [1.165, 1.54) is 7.05 Å². The van der Waals surface area contributed by atoms with E-state index in [0.717, 1.165) is 11.4 Å². The molecule has 2 aromatic carbocycles. The van der Waals surface area contributed by atoms with Crippen molar-refractivity contribution < 1.29 is 13.2 Å². The predicted octanol–water partition coefficient (Wildman–Crippen LogP) is 2.09. The van der Waals surface area contributed by atoms with Crippen LogP contribution in [0.1, 0.15) is 0 Å². The van der Waals surface area contributed by atoms with Gasteiger partial charge in [0.15, 0.2) is 0 Å². The SMILES string of the molecule is CNS(=O)(=O)c1ccc(NCCOc2ccccc2)cc1. The summed E-state index contributed by atoms with van der Waals surface area (Å²) < 4.78 is 31.0. The summed E-state index contributed by atoms with van der Waals surface area (Å²) in [6, 6.07) is 16.2. The van der Waals surface area contributed by atoms with Gasteiger partial charge in [-0.1, -0.05) is 18.2 Å². The van der Waals surface area contributed by atoms with Gasteiger partial charge in [-0.2, -0.15) is 0 Å². The Labute approximate surface area is 125 Å². The molecule has 0 spiro atoms. The predicted molar refractivity (Wildman–Crippen MR) is 83.1 cm³/mol. The zero-order valence-corrected chi connectivity index (χ0v) is 12.6. The van der Waals surface area contributed by atoms with Crippen LogP contribution in [0.3, 0.4) is 0 Å². The third-order valence-electron chi connectivity index (χ3n) is 2.88. The van der Waals surface area contributed by atoms with Crippen molar-refractivity contribution in [2.45, 2.75) is 4.90 Å². The fraction of sp³-hybridized carbons (Fsp3) is 0.200. The maximum atomic E-state index is 11.6. The number of nitrogens with one attached hydrogen (secondary N) is 2. The summed E-state index contributed by atoms with van der Waals surface area (Å²) in [5.41, 5.74) is 0.849. The minimum Gasteiger partial charge on any atom is -0.492 e. The Morgan fingerprint density at radius 2 is 1.67 bits per heavy atom. The maximum absolute atomic E-state index is 11.6. The molecule has 0 amide bonds. The van der Waals surface area contributed by atoms with Gasteiger partial charge in [-0.15, -0.1) is 0 Å². The molecule has 0 aliphatic carbocycles. The summed E-state index contributed by atoms with van der Waals surface area (Å²) in [6.45, 7) is 1.16. The van der Waals surface area contributed by atoms with E-state index in [-0.39, 0.29) is 4.90 Å². The molecule has 0 aromatic heterocycles. The minimum atomic E-state index is -3.38.